The Morgan fingerprint density at radius 3 is 2.96 bits per heavy atom. The first-order valence-corrected chi connectivity index (χ1v) is 8.44. The molecule has 2 N–H and O–H groups in total. The van der Waals surface area contributed by atoms with Gasteiger partial charge in [-0.25, -0.2) is 0 Å². The van der Waals surface area contributed by atoms with E-state index in [1.165, 1.54) is 0 Å². The van der Waals surface area contributed by atoms with Crippen LogP contribution in [0.25, 0.3) is 28.4 Å². The van der Waals surface area contributed by atoms with E-state index in [4.69, 9.17) is 4.42 Å². The van der Waals surface area contributed by atoms with E-state index < -0.39 is 0 Å². The van der Waals surface area contributed by atoms with Crippen molar-refractivity contribution in [2.75, 3.05) is 5.32 Å². The third-order valence-corrected chi connectivity index (χ3v) is 4.18. The lowest BCUT2D eigenvalue weighted by Gasteiger charge is -2.06. The van der Waals surface area contributed by atoms with Gasteiger partial charge in [0.1, 0.15) is 12.0 Å². The van der Waals surface area contributed by atoms with E-state index in [1.54, 1.807) is 41.4 Å². The maximum atomic E-state index is 12.5. The highest BCUT2D eigenvalue weighted by Gasteiger charge is 2.13. The Hall–Kier alpha value is -4.27. The molecule has 1 amide bonds. The Labute approximate surface area is 158 Å². The van der Waals surface area contributed by atoms with Crippen molar-refractivity contribution in [3.63, 3.8) is 0 Å². The second-order valence-electron chi connectivity index (χ2n) is 6.03. The molecule has 28 heavy (non-hydrogen) atoms. The molecular weight excluding hydrogens is 358 g/mol. The molecule has 5 aromatic rings. The molecule has 0 bridgehead atoms. The largest absolute Gasteiger partial charge is 0.463 e. The molecule has 1 aromatic carbocycles. The first-order chi connectivity index (χ1) is 13.8. The van der Waals surface area contributed by atoms with E-state index in [2.05, 4.69) is 30.8 Å². The van der Waals surface area contributed by atoms with Gasteiger partial charge in [-0.1, -0.05) is 12.1 Å². The molecule has 0 radical (unpaired) electrons. The Kier molecular flexibility index (Phi) is 3.68. The van der Waals surface area contributed by atoms with Crippen LogP contribution in [0.4, 0.5) is 5.69 Å². The van der Waals surface area contributed by atoms with Gasteiger partial charge in [-0.2, -0.15) is 14.7 Å². The van der Waals surface area contributed by atoms with Crippen LogP contribution in [-0.4, -0.2) is 35.9 Å². The summed E-state index contributed by atoms with van der Waals surface area (Å²) in [6, 6.07) is 16.3. The quantitative estimate of drug-likeness (QED) is 0.502. The third kappa shape index (κ3) is 2.90. The molecule has 0 atom stereocenters. The fourth-order valence-electron chi connectivity index (χ4n) is 2.83. The number of nitrogens with zero attached hydrogens (tertiary/aromatic N) is 5. The molecule has 4 aromatic heterocycles. The zero-order valence-electron chi connectivity index (χ0n) is 14.4. The average molecular weight is 371 g/mol. The molecule has 0 saturated heterocycles. The van der Waals surface area contributed by atoms with Crippen molar-refractivity contribution in [2.45, 2.75) is 0 Å². The van der Waals surface area contributed by atoms with E-state index in [9.17, 15) is 4.79 Å². The highest BCUT2D eigenvalue weighted by atomic mass is 16.3. The SMILES string of the molecule is O=C(Nc1cccc(-c2ccc3nncn3n2)c1)c1cc(-c2ccco2)[nH]n1. The molecule has 0 aliphatic heterocycles. The Morgan fingerprint density at radius 1 is 1.11 bits per heavy atom. The maximum Gasteiger partial charge on any atom is 0.276 e. The van der Waals surface area contributed by atoms with Crippen LogP contribution in [0, 0.1) is 0 Å². The number of fused-ring (bicyclic) bond motifs is 1. The summed E-state index contributed by atoms with van der Waals surface area (Å²) in [5, 5.41) is 21.9. The number of nitrogens with one attached hydrogen (secondary N) is 2. The number of aromatic amines is 1. The number of H-pyrrole nitrogens is 1. The number of furan rings is 1. The topological polar surface area (TPSA) is 114 Å². The highest BCUT2D eigenvalue weighted by Crippen LogP contribution is 2.22. The van der Waals surface area contributed by atoms with E-state index >= 15 is 0 Å². The molecule has 4 heterocycles. The third-order valence-electron chi connectivity index (χ3n) is 4.18. The standard InChI is InChI=1S/C19H13N7O2/c27-19(16-10-15(22-23-16)17-5-2-8-28-17)21-13-4-1-3-12(9-13)14-6-7-18-24-20-11-26(18)25-14/h1-11H,(H,21,27)(H,22,23). The predicted molar refractivity (Wildman–Crippen MR) is 100 cm³/mol. The normalized spacial score (nSPS) is 11.0. The van der Waals surface area contributed by atoms with Crippen molar-refractivity contribution in [2.24, 2.45) is 0 Å². The van der Waals surface area contributed by atoms with Crippen molar-refractivity contribution >= 4 is 17.2 Å². The molecule has 0 spiro atoms. The summed E-state index contributed by atoms with van der Waals surface area (Å²) in [7, 11) is 0. The summed E-state index contributed by atoms with van der Waals surface area (Å²) in [4.78, 5) is 12.5. The van der Waals surface area contributed by atoms with Crippen LogP contribution in [0.3, 0.4) is 0 Å². The first-order valence-electron chi connectivity index (χ1n) is 8.44. The lowest BCUT2D eigenvalue weighted by molar-refractivity contribution is 0.102. The monoisotopic (exact) mass is 371 g/mol. The fraction of sp³-hybridized carbons (Fsp3) is 0. The molecule has 0 saturated carbocycles. The Morgan fingerprint density at radius 2 is 2.07 bits per heavy atom. The first kappa shape index (κ1) is 15.9. The zero-order valence-corrected chi connectivity index (χ0v) is 14.4. The van der Waals surface area contributed by atoms with Gasteiger partial charge in [0.25, 0.3) is 5.91 Å². The van der Waals surface area contributed by atoms with Crippen molar-refractivity contribution in [1.82, 2.24) is 30.0 Å². The number of hydrogen-bond acceptors (Lipinski definition) is 6. The predicted octanol–water partition coefficient (Wildman–Crippen LogP) is 3.03. The van der Waals surface area contributed by atoms with Gasteiger partial charge in [0.2, 0.25) is 0 Å². The molecule has 0 unspecified atom stereocenters. The molecular formula is C19H13N7O2. The Balaban J connectivity index is 1.38. The summed E-state index contributed by atoms with van der Waals surface area (Å²) in [6.45, 7) is 0. The molecule has 9 heteroatoms. The summed E-state index contributed by atoms with van der Waals surface area (Å²) in [5.41, 5.74) is 3.79. The van der Waals surface area contributed by atoms with Crippen LogP contribution < -0.4 is 5.32 Å². The van der Waals surface area contributed by atoms with Gasteiger partial charge in [0.15, 0.2) is 17.1 Å². The van der Waals surface area contributed by atoms with Gasteiger partial charge in [-0.3, -0.25) is 9.89 Å². The van der Waals surface area contributed by atoms with E-state index in [1.807, 2.05) is 30.3 Å². The van der Waals surface area contributed by atoms with Gasteiger partial charge >= 0.3 is 0 Å². The maximum absolute atomic E-state index is 12.5. The second-order valence-corrected chi connectivity index (χ2v) is 6.03. The summed E-state index contributed by atoms with van der Waals surface area (Å²) in [6.07, 6.45) is 3.10. The van der Waals surface area contributed by atoms with Crippen LogP contribution in [-0.2, 0) is 0 Å². The van der Waals surface area contributed by atoms with Crippen LogP contribution in [0.2, 0.25) is 0 Å². The summed E-state index contributed by atoms with van der Waals surface area (Å²) >= 11 is 0. The number of anilines is 1. The summed E-state index contributed by atoms with van der Waals surface area (Å²) < 4.78 is 6.90. The lowest BCUT2D eigenvalue weighted by atomic mass is 10.1. The van der Waals surface area contributed by atoms with Crippen LogP contribution in [0.1, 0.15) is 10.5 Å². The van der Waals surface area contributed by atoms with Gasteiger partial charge in [0.05, 0.1) is 12.0 Å². The van der Waals surface area contributed by atoms with Gasteiger partial charge < -0.3 is 9.73 Å². The molecule has 0 aliphatic carbocycles. The van der Waals surface area contributed by atoms with E-state index in [-0.39, 0.29) is 11.6 Å². The minimum absolute atomic E-state index is 0.265. The van der Waals surface area contributed by atoms with Gasteiger partial charge in [-0.05, 0) is 36.4 Å². The minimum atomic E-state index is -0.326. The fourth-order valence-corrected chi connectivity index (χ4v) is 2.83. The number of amides is 1. The minimum Gasteiger partial charge on any atom is -0.463 e. The van der Waals surface area contributed by atoms with Crippen molar-refractivity contribution in [1.29, 1.82) is 0 Å². The van der Waals surface area contributed by atoms with Gasteiger partial charge in [0, 0.05) is 17.3 Å². The van der Waals surface area contributed by atoms with Crippen LogP contribution >= 0.6 is 0 Å². The van der Waals surface area contributed by atoms with Crippen molar-refractivity contribution < 1.29 is 9.21 Å². The number of benzene rings is 1. The smallest absolute Gasteiger partial charge is 0.276 e. The van der Waals surface area contributed by atoms with E-state index in [0.717, 1.165) is 11.3 Å². The number of carbonyl (C=O) groups excluding carboxylic acids is 1. The van der Waals surface area contributed by atoms with Crippen molar-refractivity contribution in [3.8, 4) is 22.7 Å². The van der Waals surface area contributed by atoms with Crippen LogP contribution in [0.15, 0.2) is 71.6 Å². The second kappa shape index (κ2) is 6.47. The number of rotatable bonds is 4. The molecule has 136 valence electrons. The molecule has 5 rings (SSSR count). The van der Waals surface area contributed by atoms with Gasteiger partial charge in [-0.15, -0.1) is 10.2 Å². The Bertz CT molecular complexity index is 1270. The number of hydrogen-bond donors (Lipinski definition) is 2. The van der Waals surface area contributed by atoms with E-state index in [0.29, 0.717) is 22.8 Å². The lowest BCUT2D eigenvalue weighted by Crippen LogP contribution is -2.12. The average Bonchev–Trinajstić information content (AvgIpc) is 3.48. The number of carbonyl (C=O) groups is 1. The highest BCUT2D eigenvalue weighted by molar-refractivity contribution is 6.03. The zero-order chi connectivity index (χ0) is 18.9. The molecule has 9 nitrogen and oxygen atoms in total. The molecule has 0 aliphatic rings. The molecule has 0 fully saturated rings. The summed E-state index contributed by atoms with van der Waals surface area (Å²) in [5.74, 6) is 0.289. The van der Waals surface area contributed by atoms with Crippen molar-refractivity contribution in [3.05, 3.63) is 72.9 Å². The van der Waals surface area contributed by atoms with Crippen LogP contribution in [0.5, 0.6) is 0 Å². The number of aromatic nitrogens is 6.